The van der Waals surface area contributed by atoms with E-state index in [-0.39, 0.29) is 22.5 Å². The second-order valence-corrected chi connectivity index (χ2v) is 8.48. The molecule has 3 aromatic rings. The van der Waals surface area contributed by atoms with Crippen LogP contribution in [-0.2, 0) is 10.0 Å². The van der Waals surface area contributed by atoms with Crippen molar-refractivity contribution in [1.29, 1.82) is 0 Å². The smallest absolute Gasteiger partial charge is 0.240 e. The maximum Gasteiger partial charge on any atom is 0.240 e. The highest BCUT2D eigenvalue weighted by molar-refractivity contribution is 7.89. The van der Waals surface area contributed by atoms with Crippen molar-refractivity contribution >= 4 is 15.8 Å². The largest absolute Gasteiger partial charge is 0.293 e. The summed E-state index contributed by atoms with van der Waals surface area (Å²) in [7, 11) is -2.13. The Labute approximate surface area is 158 Å². The van der Waals surface area contributed by atoms with Crippen LogP contribution in [0.15, 0.2) is 83.8 Å². The lowest BCUT2D eigenvalue weighted by atomic mass is 9.81. The number of carbonyl (C=O) groups is 1. The van der Waals surface area contributed by atoms with Gasteiger partial charge in [0.2, 0.25) is 10.0 Å². The second kappa shape index (κ2) is 6.76. The highest BCUT2D eigenvalue weighted by Crippen LogP contribution is 2.47. The first-order valence-corrected chi connectivity index (χ1v) is 10.2. The molecule has 1 aliphatic rings. The summed E-state index contributed by atoms with van der Waals surface area (Å²) >= 11 is 0. The second-order valence-electron chi connectivity index (χ2n) is 6.59. The Hall–Kier alpha value is -2.76. The molecule has 0 bridgehead atoms. The molecule has 27 heavy (non-hydrogen) atoms. The Kier molecular flexibility index (Phi) is 4.42. The number of hydrogen-bond acceptors (Lipinski definition) is 3. The molecule has 4 nitrogen and oxygen atoms in total. The van der Waals surface area contributed by atoms with Crippen molar-refractivity contribution in [2.45, 2.75) is 16.7 Å². The van der Waals surface area contributed by atoms with Crippen molar-refractivity contribution in [1.82, 2.24) is 4.72 Å². The van der Waals surface area contributed by atoms with Crippen LogP contribution in [-0.4, -0.2) is 21.2 Å². The SMILES string of the molecule is CNS(=O)(=O)c1ccc(C2C(=O)c3ccccc3C2c2ccccc2)cc1. The van der Waals surface area contributed by atoms with Crippen LogP contribution in [0.3, 0.4) is 0 Å². The van der Waals surface area contributed by atoms with Crippen molar-refractivity contribution in [3.63, 3.8) is 0 Å². The summed E-state index contributed by atoms with van der Waals surface area (Å²) < 4.78 is 26.3. The molecular formula is C22H19NO3S. The standard InChI is InChI=1S/C22H19NO3S/c1-23-27(25,26)17-13-11-16(12-14-17)21-20(15-7-3-2-4-8-15)18-9-5-6-10-19(18)22(21)24/h2-14,20-21,23H,1H3. The molecule has 0 amide bonds. The highest BCUT2D eigenvalue weighted by Gasteiger charge is 2.41. The maximum atomic E-state index is 13.2. The number of ketones is 1. The fraction of sp³-hybridized carbons (Fsp3) is 0.136. The summed E-state index contributed by atoms with van der Waals surface area (Å²) in [4.78, 5) is 13.4. The van der Waals surface area contributed by atoms with Crippen LogP contribution in [0.1, 0.15) is 38.9 Å². The number of fused-ring (bicyclic) bond motifs is 1. The molecule has 0 heterocycles. The van der Waals surface area contributed by atoms with Crippen LogP contribution >= 0.6 is 0 Å². The monoisotopic (exact) mass is 377 g/mol. The third-order valence-corrected chi connectivity index (χ3v) is 6.58. The molecule has 1 N–H and O–H groups in total. The minimum Gasteiger partial charge on any atom is -0.293 e. The molecule has 0 fully saturated rings. The van der Waals surface area contributed by atoms with Gasteiger partial charge in [-0.05, 0) is 35.9 Å². The van der Waals surface area contributed by atoms with Gasteiger partial charge in [0.05, 0.1) is 10.8 Å². The lowest BCUT2D eigenvalue weighted by molar-refractivity contribution is 0.0968. The molecule has 0 saturated heterocycles. The molecule has 136 valence electrons. The van der Waals surface area contributed by atoms with Gasteiger partial charge >= 0.3 is 0 Å². The van der Waals surface area contributed by atoms with E-state index < -0.39 is 10.0 Å². The van der Waals surface area contributed by atoms with E-state index in [1.54, 1.807) is 24.3 Å². The average Bonchev–Trinajstić information content (AvgIpc) is 3.01. The van der Waals surface area contributed by atoms with Crippen LogP contribution in [0.2, 0.25) is 0 Å². The summed E-state index contributed by atoms with van der Waals surface area (Å²) in [6, 6.07) is 24.3. The fourth-order valence-electron chi connectivity index (χ4n) is 3.84. The van der Waals surface area contributed by atoms with E-state index in [9.17, 15) is 13.2 Å². The number of nitrogens with one attached hydrogen (secondary N) is 1. The molecule has 0 aliphatic heterocycles. The van der Waals surface area contributed by atoms with E-state index >= 15 is 0 Å². The molecule has 0 spiro atoms. The number of hydrogen-bond donors (Lipinski definition) is 1. The van der Waals surface area contributed by atoms with Gasteiger partial charge in [-0.3, -0.25) is 4.79 Å². The molecule has 2 unspecified atom stereocenters. The minimum absolute atomic E-state index is 0.0728. The third-order valence-electron chi connectivity index (χ3n) is 5.15. The van der Waals surface area contributed by atoms with Crippen LogP contribution in [0.25, 0.3) is 0 Å². The van der Waals surface area contributed by atoms with Gasteiger partial charge in [-0.1, -0.05) is 66.7 Å². The van der Waals surface area contributed by atoms with Crippen molar-refractivity contribution in [2.24, 2.45) is 0 Å². The normalized spacial score (nSPS) is 19.1. The van der Waals surface area contributed by atoms with E-state index in [1.165, 1.54) is 7.05 Å². The lowest BCUT2D eigenvalue weighted by Gasteiger charge is -2.20. The Morgan fingerprint density at radius 3 is 2.00 bits per heavy atom. The molecule has 2 atom stereocenters. The topological polar surface area (TPSA) is 63.2 Å². The molecule has 0 saturated carbocycles. The van der Waals surface area contributed by atoms with Gasteiger partial charge in [0.25, 0.3) is 0 Å². The van der Waals surface area contributed by atoms with Gasteiger partial charge in [-0.2, -0.15) is 0 Å². The predicted molar refractivity (Wildman–Crippen MR) is 104 cm³/mol. The van der Waals surface area contributed by atoms with Gasteiger partial charge in [-0.25, -0.2) is 13.1 Å². The summed E-state index contributed by atoms with van der Waals surface area (Å²) in [6.45, 7) is 0. The van der Waals surface area contributed by atoms with Crippen molar-refractivity contribution in [2.75, 3.05) is 7.05 Å². The molecule has 0 radical (unpaired) electrons. The van der Waals surface area contributed by atoms with Gasteiger partial charge in [0.1, 0.15) is 0 Å². The zero-order chi connectivity index (χ0) is 19.0. The maximum absolute atomic E-state index is 13.2. The zero-order valence-electron chi connectivity index (χ0n) is 14.8. The molecule has 3 aromatic carbocycles. The first kappa shape index (κ1) is 17.6. The number of benzene rings is 3. The van der Waals surface area contributed by atoms with E-state index in [0.717, 1.165) is 22.3 Å². The van der Waals surface area contributed by atoms with Gasteiger partial charge in [0.15, 0.2) is 5.78 Å². The van der Waals surface area contributed by atoms with Crippen LogP contribution in [0, 0.1) is 0 Å². The van der Waals surface area contributed by atoms with Gasteiger partial charge < -0.3 is 0 Å². The molecule has 1 aliphatic carbocycles. The summed E-state index contributed by atoms with van der Waals surface area (Å²) in [6.07, 6.45) is 0. The van der Waals surface area contributed by atoms with Gasteiger partial charge in [0, 0.05) is 11.5 Å². The summed E-state index contributed by atoms with van der Waals surface area (Å²) in [5, 5.41) is 0. The van der Waals surface area contributed by atoms with Gasteiger partial charge in [-0.15, -0.1) is 0 Å². The third kappa shape index (κ3) is 2.99. The van der Waals surface area contributed by atoms with E-state index in [1.807, 2.05) is 54.6 Å². The number of sulfonamides is 1. The number of carbonyl (C=O) groups excluding carboxylic acids is 1. The van der Waals surface area contributed by atoms with Crippen molar-refractivity contribution < 1.29 is 13.2 Å². The average molecular weight is 377 g/mol. The zero-order valence-corrected chi connectivity index (χ0v) is 15.6. The Morgan fingerprint density at radius 1 is 0.741 bits per heavy atom. The van der Waals surface area contributed by atoms with Crippen molar-refractivity contribution in [3.8, 4) is 0 Å². The lowest BCUT2D eigenvalue weighted by Crippen LogP contribution is -2.19. The first-order chi connectivity index (χ1) is 13.0. The van der Waals surface area contributed by atoms with Crippen molar-refractivity contribution in [3.05, 3.63) is 101 Å². The Morgan fingerprint density at radius 2 is 1.33 bits per heavy atom. The van der Waals surface area contributed by atoms with E-state index in [2.05, 4.69) is 4.72 Å². The number of Topliss-reactive ketones (excluding diaryl/α,β-unsaturated/α-hetero) is 1. The summed E-state index contributed by atoms with van der Waals surface area (Å²) in [5.41, 5.74) is 3.65. The highest BCUT2D eigenvalue weighted by atomic mass is 32.2. The quantitative estimate of drug-likeness (QED) is 0.754. The molecule has 0 aromatic heterocycles. The van der Waals surface area contributed by atoms with Crippen LogP contribution in [0.4, 0.5) is 0 Å². The Bertz CT molecular complexity index is 1090. The van der Waals surface area contributed by atoms with Crippen LogP contribution in [0.5, 0.6) is 0 Å². The Balaban J connectivity index is 1.83. The fourth-order valence-corrected chi connectivity index (χ4v) is 4.57. The van der Waals surface area contributed by atoms with E-state index in [0.29, 0.717) is 0 Å². The van der Waals surface area contributed by atoms with E-state index in [4.69, 9.17) is 0 Å². The molecular weight excluding hydrogens is 358 g/mol. The first-order valence-electron chi connectivity index (χ1n) is 8.74. The summed E-state index contributed by atoms with van der Waals surface area (Å²) in [5.74, 6) is -0.374. The molecule has 4 rings (SSSR count). The molecule has 5 heteroatoms. The predicted octanol–water partition coefficient (Wildman–Crippen LogP) is 3.71. The number of rotatable bonds is 4. The van der Waals surface area contributed by atoms with Crippen LogP contribution < -0.4 is 4.72 Å². The minimum atomic E-state index is -3.51.